The van der Waals surface area contributed by atoms with Crippen LogP contribution < -0.4 is 11.1 Å². The van der Waals surface area contributed by atoms with Crippen LogP contribution in [0.15, 0.2) is 4.52 Å². The van der Waals surface area contributed by atoms with Gasteiger partial charge in [0.15, 0.2) is 0 Å². The molecule has 5 nitrogen and oxygen atoms in total. The molecule has 13 heavy (non-hydrogen) atoms. The highest BCUT2D eigenvalue weighted by Crippen LogP contribution is 2.09. The van der Waals surface area contributed by atoms with E-state index in [0.29, 0.717) is 17.8 Å². The SMILES string of the molecule is CC(C)CNc1noc([C@H](C)N)n1. The zero-order chi connectivity index (χ0) is 9.84. The van der Waals surface area contributed by atoms with Crippen LogP contribution in [0.5, 0.6) is 0 Å². The van der Waals surface area contributed by atoms with Crippen LogP contribution in [0, 0.1) is 5.92 Å². The summed E-state index contributed by atoms with van der Waals surface area (Å²) < 4.78 is 4.91. The fourth-order valence-corrected chi connectivity index (χ4v) is 0.787. The van der Waals surface area contributed by atoms with Crippen molar-refractivity contribution >= 4 is 5.95 Å². The van der Waals surface area contributed by atoms with Gasteiger partial charge in [0.05, 0.1) is 6.04 Å². The molecule has 1 atom stereocenters. The van der Waals surface area contributed by atoms with E-state index in [1.54, 1.807) is 6.92 Å². The Kier molecular flexibility index (Phi) is 3.25. The van der Waals surface area contributed by atoms with Gasteiger partial charge in [-0.05, 0) is 18.0 Å². The Hall–Kier alpha value is -1.10. The molecule has 0 saturated carbocycles. The van der Waals surface area contributed by atoms with E-state index in [1.807, 2.05) is 0 Å². The Labute approximate surface area is 77.7 Å². The second kappa shape index (κ2) is 4.23. The maximum absolute atomic E-state index is 5.56. The van der Waals surface area contributed by atoms with Crippen LogP contribution in [0.1, 0.15) is 32.7 Å². The van der Waals surface area contributed by atoms with E-state index in [9.17, 15) is 0 Å². The number of anilines is 1. The van der Waals surface area contributed by atoms with Crippen molar-refractivity contribution in [1.82, 2.24) is 10.1 Å². The first-order valence-electron chi connectivity index (χ1n) is 4.42. The minimum atomic E-state index is -0.206. The first kappa shape index (κ1) is 9.98. The molecule has 74 valence electrons. The van der Waals surface area contributed by atoms with Crippen LogP contribution in [0.25, 0.3) is 0 Å². The molecule has 1 rings (SSSR count). The van der Waals surface area contributed by atoms with E-state index in [0.717, 1.165) is 6.54 Å². The van der Waals surface area contributed by atoms with Gasteiger partial charge in [0.25, 0.3) is 5.95 Å². The van der Waals surface area contributed by atoms with Crippen LogP contribution in [-0.4, -0.2) is 16.7 Å². The lowest BCUT2D eigenvalue weighted by molar-refractivity contribution is 0.362. The second-order valence-corrected chi connectivity index (χ2v) is 3.52. The van der Waals surface area contributed by atoms with Crippen molar-refractivity contribution in [1.29, 1.82) is 0 Å². The molecular formula is C8H16N4O. The number of rotatable bonds is 4. The second-order valence-electron chi connectivity index (χ2n) is 3.52. The largest absolute Gasteiger partial charge is 0.351 e. The Morgan fingerprint density at radius 1 is 1.46 bits per heavy atom. The normalized spacial score (nSPS) is 13.3. The Bertz CT molecular complexity index is 256. The van der Waals surface area contributed by atoms with E-state index >= 15 is 0 Å². The highest BCUT2D eigenvalue weighted by molar-refractivity contribution is 5.21. The number of hydrogen-bond acceptors (Lipinski definition) is 5. The van der Waals surface area contributed by atoms with Gasteiger partial charge in [0.1, 0.15) is 0 Å². The van der Waals surface area contributed by atoms with Crippen molar-refractivity contribution in [2.75, 3.05) is 11.9 Å². The maximum atomic E-state index is 5.56. The molecule has 0 bridgehead atoms. The average molecular weight is 184 g/mol. The lowest BCUT2D eigenvalue weighted by Crippen LogP contribution is -2.09. The summed E-state index contributed by atoms with van der Waals surface area (Å²) in [7, 11) is 0. The highest BCUT2D eigenvalue weighted by Gasteiger charge is 2.09. The van der Waals surface area contributed by atoms with E-state index < -0.39 is 0 Å². The van der Waals surface area contributed by atoms with Crippen LogP contribution >= 0.6 is 0 Å². The zero-order valence-electron chi connectivity index (χ0n) is 8.24. The predicted molar refractivity (Wildman–Crippen MR) is 50.2 cm³/mol. The van der Waals surface area contributed by atoms with Crippen LogP contribution in [0.4, 0.5) is 5.95 Å². The van der Waals surface area contributed by atoms with Crippen molar-refractivity contribution in [2.45, 2.75) is 26.8 Å². The summed E-state index contributed by atoms with van der Waals surface area (Å²) in [6, 6.07) is -0.206. The standard InChI is InChI=1S/C8H16N4O/c1-5(2)4-10-8-11-7(6(3)9)13-12-8/h5-6H,4,9H2,1-3H3,(H,10,12)/t6-/m0/s1. The molecule has 0 amide bonds. The molecule has 0 aromatic carbocycles. The topological polar surface area (TPSA) is 77.0 Å². The van der Waals surface area contributed by atoms with Crippen molar-refractivity contribution in [2.24, 2.45) is 11.7 Å². The quantitative estimate of drug-likeness (QED) is 0.734. The fraction of sp³-hybridized carbons (Fsp3) is 0.750. The molecule has 0 fully saturated rings. The van der Waals surface area contributed by atoms with Gasteiger partial charge >= 0.3 is 0 Å². The van der Waals surface area contributed by atoms with Crippen LogP contribution in [-0.2, 0) is 0 Å². The molecule has 0 unspecified atom stereocenters. The molecule has 1 heterocycles. The van der Waals surface area contributed by atoms with Crippen molar-refractivity contribution in [3.05, 3.63) is 5.89 Å². The summed E-state index contributed by atoms with van der Waals surface area (Å²) in [5.74, 6) is 1.53. The molecule has 3 N–H and O–H groups in total. The summed E-state index contributed by atoms with van der Waals surface area (Å²) in [4.78, 5) is 4.07. The van der Waals surface area contributed by atoms with Gasteiger partial charge in [-0.1, -0.05) is 13.8 Å². The number of hydrogen-bond donors (Lipinski definition) is 2. The van der Waals surface area contributed by atoms with Gasteiger partial charge in [0.2, 0.25) is 5.89 Å². The molecule has 0 saturated heterocycles. The number of aromatic nitrogens is 2. The summed E-state index contributed by atoms with van der Waals surface area (Å²) in [5.41, 5.74) is 5.56. The molecular weight excluding hydrogens is 168 g/mol. The van der Waals surface area contributed by atoms with E-state index in [-0.39, 0.29) is 6.04 Å². The van der Waals surface area contributed by atoms with Crippen LogP contribution in [0.2, 0.25) is 0 Å². The smallest absolute Gasteiger partial charge is 0.263 e. The fourth-order valence-electron chi connectivity index (χ4n) is 0.787. The summed E-state index contributed by atoms with van der Waals surface area (Å²) in [6.45, 7) is 6.86. The molecule has 0 spiro atoms. The van der Waals surface area contributed by atoms with Crippen molar-refractivity contribution < 1.29 is 4.52 Å². The first-order valence-corrected chi connectivity index (χ1v) is 4.42. The Morgan fingerprint density at radius 2 is 2.15 bits per heavy atom. The third-order valence-corrected chi connectivity index (χ3v) is 1.50. The zero-order valence-corrected chi connectivity index (χ0v) is 8.24. The van der Waals surface area contributed by atoms with Gasteiger partial charge in [-0.15, -0.1) is 0 Å². The van der Waals surface area contributed by atoms with Crippen molar-refractivity contribution in [3.63, 3.8) is 0 Å². The third kappa shape index (κ3) is 3.02. The highest BCUT2D eigenvalue weighted by atomic mass is 16.5. The summed E-state index contributed by atoms with van der Waals surface area (Å²) in [5, 5.41) is 6.78. The molecule has 0 aliphatic rings. The average Bonchev–Trinajstić information content (AvgIpc) is 2.48. The monoisotopic (exact) mass is 184 g/mol. The van der Waals surface area contributed by atoms with E-state index in [2.05, 4.69) is 29.3 Å². The predicted octanol–water partition coefficient (Wildman–Crippen LogP) is 1.16. The Morgan fingerprint density at radius 3 is 2.62 bits per heavy atom. The number of nitrogens with zero attached hydrogens (tertiary/aromatic N) is 2. The summed E-state index contributed by atoms with van der Waals surface area (Å²) >= 11 is 0. The minimum Gasteiger partial charge on any atom is -0.351 e. The number of nitrogens with two attached hydrogens (primary N) is 1. The first-order chi connectivity index (χ1) is 6.09. The Balaban J connectivity index is 2.49. The minimum absolute atomic E-state index is 0.206. The van der Waals surface area contributed by atoms with Gasteiger partial charge < -0.3 is 15.6 Å². The number of nitrogens with one attached hydrogen (secondary N) is 1. The van der Waals surface area contributed by atoms with Gasteiger partial charge in [-0.3, -0.25) is 0 Å². The molecule has 0 radical (unpaired) electrons. The van der Waals surface area contributed by atoms with E-state index in [4.69, 9.17) is 10.3 Å². The molecule has 5 heteroatoms. The molecule has 0 aliphatic heterocycles. The lowest BCUT2D eigenvalue weighted by atomic mass is 10.2. The molecule has 1 aromatic heterocycles. The van der Waals surface area contributed by atoms with Crippen molar-refractivity contribution in [3.8, 4) is 0 Å². The van der Waals surface area contributed by atoms with Gasteiger partial charge in [-0.2, -0.15) is 4.98 Å². The van der Waals surface area contributed by atoms with Gasteiger partial charge in [0, 0.05) is 6.54 Å². The van der Waals surface area contributed by atoms with E-state index in [1.165, 1.54) is 0 Å². The third-order valence-electron chi connectivity index (χ3n) is 1.50. The molecule has 0 aliphatic carbocycles. The lowest BCUT2D eigenvalue weighted by Gasteiger charge is -2.02. The van der Waals surface area contributed by atoms with Gasteiger partial charge in [-0.25, -0.2) is 0 Å². The molecule has 1 aromatic rings. The summed E-state index contributed by atoms with van der Waals surface area (Å²) in [6.07, 6.45) is 0. The maximum Gasteiger partial charge on any atom is 0.263 e. The van der Waals surface area contributed by atoms with Crippen LogP contribution in [0.3, 0.4) is 0 Å².